The van der Waals surface area contributed by atoms with Gasteiger partial charge in [0.2, 0.25) is 0 Å². The number of aromatic carboxylic acids is 1. The predicted molar refractivity (Wildman–Crippen MR) is 65.8 cm³/mol. The predicted octanol–water partition coefficient (Wildman–Crippen LogP) is 2.74. The van der Waals surface area contributed by atoms with Crippen LogP contribution in [0.5, 0.6) is 5.75 Å². The number of hydrogen-bond acceptors (Lipinski definition) is 4. The van der Waals surface area contributed by atoms with E-state index in [-0.39, 0.29) is 11.3 Å². The molecule has 0 radical (unpaired) electrons. The van der Waals surface area contributed by atoms with Crippen molar-refractivity contribution in [2.75, 3.05) is 0 Å². The Morgan fingerprint density at radius 2 is 2.11 bits per heavy atom. The topological polar surface area (TPSA) is 83.0 Å². The van der Waals surface area contributed by atoms with Crippen molar-refractivity contribution in [2.45, 2.75) is 6.92 Å². The normalized spacial score (nSPS) is 10.9. The van der Waals surface area contributed by atoms with Crippen LogP contribution in [0.25, 0.3) is 0 Å². The van der Waals surface area contributed by atoms with E-state index >= 15 is 0 Å². The van der Waals surface area contributed by atoms with Crippen molar-refractivity contribution in [3.05, 3.63) is 47.4 Å². The zero-order valence-corrected chi connectivity index (χ0v) is 9.62. The number of rotatable bonds is 3. The lowest BCUT2D eigenvalue weighted by molar-refractivity contribution is 0.0694. The minimum absolute atomic E-state index is 0.180. The highest BCUT2D eigenvalue weighted by Gasteiger charge is 2.09. The summed E-state index contributed by atoms with van der Waals surface area (Å²) in [6.45, 7) is 1.82. The van der Waals surface area contributed by atoms with Gasteiger partial charge in [0.15, 0.2) is 0 Å². The number of benzene rings is 1. The second-order valence-electron chi connectivity index (χ2n) is 3.71. The zero-order valence-electron chi connectivity index (χ0n) is 9.62. The van der Waals surface area contributed by atoms with E-state index in [9.17, 15) is 9.90 Å². The molecule has 92 valence electrons. The molecule has 5 nitrogen and oxygen atoms in total. The van der Waals surface area contributed by atoms with Crippen LogP contribution in [0.15, 0.2) is 39.7 Å². The fourth-order valence-electron chi connectivity index (χ4n) is 1.44. The second kappa shape index (κ2) is 4.75. The van der Waals surface area contributed by atoms with Crippen molar-refractivity contribution in [1.82, 2.24) is 0 Å². The molecule has 0 aliphatic carbocycles. The maximum Gasteiger partial charge on any atom is 0.339 e. The molecule has 5 heteroatoms. The van der Waals surface area contributed by atoms with Gasteiger partial charge in [0.05, 0.1) is 11.9 Å². The largest absolute Gasteiger partial charge is 0.507 e. The molecule has 0 bridgehead atoms. The standard InChI is InChI=1S/C13H11NO4/c1-8-2-4-10(18-8)7-14-9-3-5-12(15)11(6-9)13(16)17/h2-7,15H,1H3,(H,16,17). The molecule has 0 fully saturated rings. The molecule has 0 saturated carbocycles. The summed E-state index contributed by atoms with van der Waals surface area (Å²) in [5.41, 5.74) is 0.250. The molecule has 0 unspecified atom stereocenters. The van der Waals surface area contributed by atoms with Gasteiger partial charge in [-0.1, -0.05) is 0 Å². The smallest absolute Gasteiger partial charge is 0.339 e. The van der Waals surface area contributed by atoms with E-state index < -0.39 is 5.97 Å². The minimum Gasteiger partial charge on any atom is -0.507 e. The lowest BCUT2D eigenvalue weighted by Crippen LogP contribution is -1.95. The van der Waals surface area contributed by atoms with E-state index in [0.29, 0.717) is 11.4 Å². The first kappa shape index (κ1) is 11.9. The van der Waals surface area contributed by atoms with Crippen LogP contribution in [0, 0.1) is 6.92 Å². The summed E-state index contributed by atoms with van der Waals surface area (Å²) in [7, 11) is 0. The van der Waals surface area contributed by atoms with Gasteiger partial charge in [-0.05, 0) is 37.3 Å². The van der Waals surface area contributed by atoms with Crippen LogP contribution in [0.2, 0.25) is 0 Å². The minimum atomic E-state index is -1.20. The number of hydrogen-bond donors (Lipinski definition) is 2. The molecule has 1 aromatic carbocycles. The third kappa shape index (κ3) is 2.57. The molecule has 0 aliphatic heterocycles. The Labute approximate surface area is 103 Å². The summed E-state index contributed by atoms with van der Waals surface area (Å²) in [6, 6.07) is 7.68. The Morgan fingerprint density at radius 3 is 2.72 bits per heavy atom. The van der Waals surface area contributed by atoms with E-state index in [1.165, 1.54) is 24.4 Å². The lowest BCUT2D eigenvalue weighted by atomic mass is 10.2. The molecule has 2 rings (SSSR count). The molecule has 0 saturated heterocycles. The number of aliphatic imine (C=N–C) groups is 1. The third-order valence-electron chi connectivity index (χ3n) is 2.31. The Hall–Kier alpha value is -2.56. The molecule has 18 heavy (non-hydrogen) atoms. The number of carbonyl (C=O) groups is 1. The second-order valence-corrected chi connectivity index (χ2v) is 3.71. The molecule has 1 aromatic heterocycles. The summed E-state index contributed by atoms with van der Waals surface area (Å²) >= 11 is 0. The number of aryl methyl sites for hydroxylation is 1. The first-order valence-electron chi connectivity index (χ1n) is 5.23. The Balaban J connectivity index is 2.27. The highest BCUT2D eigenvalue weighted by atomic mass is 16.4. The average molecular weight is 245 g/mol. The van der Waals surface area contributed by atoms with E-state index in [0.717, 1.165) is 5.76 Å². The highest BCUT2D eigenvalue weighted by molar-refractivity contribution is 5.92. The van der Waals surface area contributed by atoms with E-state index in [1.54, 1.807) is 12.1 Å². The van der Waals surface area contributed by atoms with E-state index in [2.05, 4.69) is 4.99 Å². The molecule has 2 aromatic rings. The Morgan fingerprint density at radius 1 is 1.33 bits per heavy atom. The van der Waals surface area contributed by atoms with Crippen molar-refractivity contribution in [3.63, 3.8) is 0 Å². The van der Waals surface area contributed by atoms with Gasteiger partial charge >= 0.3 is 5.97 Å². The van der Waals surface area contributed by atoms with Crippen LogP contribution < -0.4 is 0 Å². The fraction of sp³-hybridized carbons (Fsp3) is 0.0769. The maximum absolute atomic E-state index is 10.8. The molecule has 0 atom stereocenters. The Kier molecular flexibility index (Phi) is 3.14. The Bertz CT molecular complexity index is 613. The SMILES string of the molecule is Cc1ccc(C=Nc2ccc(O)c(C(=O)O)c2)o1. The van der Waals surface area contributed by atoms with Gasteiger partial charge in [-0.2, -0.15) is 0 Å². The van der Waals surface area contributed by atoms with Crippen LogP contribution in [0.3, 0.4) is 0 Å². The van der Waals surface area contributed by atoms with Gasteiger partial charge in [-0.15, -0.1) is 0 Å². The van der Waals surface area contributed by atoms with Crippen molar-refractivity contribution >= 4 is 17.9 Å². The molecule has 0 amide bonds. The summed E-state index contributed by atoms with van der Waals surface area (Å²) < 4.78 is 5.29. The number of furan rings is 1. The monoisotopic (exact) mass is 245 g/mol. The van der Waals surface area contributed by atoms with Gasteiger partial charge in [0.25, 0.3) is 0 Å². The molecular formula is C13H11NO4. The fourth-order valence-corrected chi connectivity index (χ4v) is 1.44. The van der Waals surface area contributed by atoms with Crippen LogP contribution >= 0.6 is 0 Å². The third-order valence-corrected chi connectivity index (χ3v) is 2.31. The lowest BCUT2D eigenvalue weighted by Gasteiger charge is -1.99. The highest BCUT2D eigenvalue weighted by Crippen LogP contribution is 2.23. The molecular weight excluding hydrogens is 234 g/mol. The van der Waals surface area contributed by atoms with Gasteiger partial charge < -0.3 is 14.6 Å². The zero-order chi connectivity index (χ0) is 13.1. The van der Waals surface area contributed by atoms with E-state index in [1.807, 2.05) is 6.92 Å². The number of phenols is 1. The number of aromatic hydroxyl groups is 1. The quantitative estimate of drug-likeness (QED) is 0.814. The molecule has 2 N–H and O–H groups in total. The van der Waals surface area contributed by atoms with Crippen molar-refractivity contribution in [1.29, 1.82) is 0 Å². The number of carboxylic acids is 1. The van der Waals surface area contributed by atoms with Gasteiger partial charge in [0.1, 0.15) is 22.8 Å². The number of carboxylic acid groups (broad SMARTS) is 1. The molecule has 0 aliphatic rings. The first-order valence-corrected chi connectivity index (χ1v) is 5.23. The molecule has 1 heterocycles. The van der Waals surface area contributed by atoms with Crippen LogP contribution in [-0.4, -0.2) is 22.4 Å². The van der Waals surface area contributed by atoms with Crippen molar-refractivity contribution < 1.29 is 19.4 Å². The average Bonchev–Trinajstić information content (AvgIpc) is 2.74. The van der Waals surface area contributed by atoms with Gasteiger partial charge in [-0.25, -0.2) is 4.79 Å². The first-order chi connectivity index (χ1) is 8.56. The van der Waals surface area contributed by atoms with Crippen LogP contribution in [0.4, 0.5) is 5.69 Å². The van der Waals surface area contributed by atoms with E-state index in [4.69, 9.17) is 9.52 Å². The number of nitrogens with zero attached hydrogens (tertiary/aromatic N) is 1. The summed E-state index contributed by atoms with van der Waals surface area (Å²) in [6.07, 6.45) is 1.49. The van der Waals surface area contributed by atoms with Gasteiger partial charge in [-0.3, -0.25) is 4.99 Å². The van der Waals surface area contributed by atoms with Crippen molar-refractivity contribution in [3.8, 4) is 5.75 Å². The maximum atomic E-state index is 10.8. The van der Waals surface area contributed by atoms with Gasteiger partial charge in [0, 0.05) is 0 Å². The van der Waals surface area contributed by atoms with Crippen molar-refractivity contribution in [2.24, 2.45) is 4.99 Å². The van der Waals surface area contributed by atoms with Crippen LogP contribution in [0.1, 0.15) is 21.9 Å². The summed E-state index contributed by atoms with van der Waals surface area (Å²) in [5.74, 6) is -0.125. The summed E-state index contributed by atoms with van der Waals surface area (Å²) in [4.78, 5) is 14.9. The van der Waals surface area contributed by atoms with Crippen LogP contribution in [-0.2, 0) is 0 Å². The molecule has 0 spiro atoms. The summed E-state index contributed by atoms with van der Waals surface area (Å²) in [5, 5.41) is 18.2.